The van der Waals surface area contributed by atoms with Crippen molar-refractivity contribution in [3.8, 4) is 11.5 Å². The summed E-state index contributed by atoms with van der Waals surface area (Å²) in [6, 6.07) is 12.6. The minimum absolute atomic E-state index is 0.0581. The summed E-state index contributed by atoms with van der Waals surface area (Å²) in [7, 11) is -0.434. The number of aliphatic hydroxyl groups is 1. The molecule has 1 heterocycles. The van der Waals surface area contributed by atoms with Gasteiger partial charge in [-0.15, -0.1) is 0 Å². The molecule has 0 fully saturated rings. The molecule has 1 aliphatic heterocycles. The summed E-state index contributed by atoms with van der Waals surface area (Å²) in [6.07, 6.45) is 2.19. The van der Waals surface area contributed by atoms with Gasteiger partial charge in [0, 0.05) is 11.3 Å². The van der Waals surface area contributed by atoms with Gasteiger partial charge in [0.25, 0.3) is 0 Å². The number of unbranched alkanes of at least 4 members (excludes halogenated alkanes) is 1. The fraction of sp³-hybridized carbons (Fsp3) is 0.500. The van der Waals surface area contributed by atoms with Crippen LogP contribution < -0.4 is 9.47 Å². The summed E-state index contributed by atoms with van der Waals surface area (Å²) in [6.45, 7) is 4.06. The van der Waals surface area contributed by atoms with Gasteiger partial charge in [-0.1, -0.05) is 38.8 Å². The van der Waals surface area contributed by atoms with E-state index in [4.69, 9.17) is 9.47 Å². The summed E-state index contributed by atoms with van der Waals surface area (Å²) >= 11 is 0. The summed E-state index contributed by atoms with van der Waals surface area (Å²) in [5, 5.41) is 11.8. The first kappa shape index (κ1) is 22.6. The van der Waals surface area contributed by atoms with Crippen LogP contribution in [0, 0.1) is 5.41 Å². The summed E-state index contributed by atoms with van der Waals surface area (Å²) in [4.78, 5) is 0.280. The van der Waals surface area contributed by atoms with Crippen molar-refractivity contribution in [2.24, 2.45) is 5.41 Å². The maximum atomic E-state index is 13.5. The Bertz CT molecular complexity index is 985. The number of aliphatic hydroxyl groups excluding tert-OH is 1. The maximum absolute atomic E-state index is 13.5. The molecule has 5 nitrogen and oxygen atoms in total. The highest BCUT2D eigenvalue weighted by Gasteiger charge is 2.49. The number of rotatable bonds is 7. The average Bonchev–Trinajstić information content (AvgIpc) is 2.83. The molecule has 6 heteroatoms. The predicted molar refractivity (Wildman–Crippen MR) is 118 cm³/mol. The van der Waals surface area contributed by atoms with E-state index in [0.717, 1.165) is 18.4 Å². The Kier molecular flexibility index (Phi) is 6.78. The standard InChI is InChI=1S/C24H32O5S/c1-5-7-13-24(6-2)16-30(26,27)21-12-11-19(29-4)15-20(21)22(23(24)25)17-9-8-10-18(14-17)28-3/h8-12,14-15,22-23,25H,5-7,13,16H2,1-4H3/t22?,23-,24-/m1/s1. The van der Waals surface area contributed by atoms with Crippen LogP contribution in [0.3, 0.4) is 0 Å². The Labute approximate surface area is 180 Å². The van der Waals surface area contributed by atoms with Crippen molar-refractivity contribution in [3.63, 3.8) is 0 Å². The van der Waals surface area contributed by atoms with Crippen LogP contribution in [0.2, 0.25) is 0 Å². The van der Waals surface area contributed by atoms with Gasteiger partial charge in [0.15, 0.2) is 9.84 Å². The lowest BCUT2D eigenvalue weighted by molar-refractivity contribution is 0.0173. The molecular weight excluding hydrogens is 400 g/mol. The van der Waals surface area contributed by atoms with Gasteiger partial charge in [0.05, 0.1) is 31.0 Å². The van der Waals surface area contributed by atoms with Crippen LogP contribution in [-0.4, -0.2) is 39.6 Å². The second-order valence-electron chi connectivity index (χ2n) is 8.18. The minimum atomic E-state index is -3.59. The third-order valence-electron chi connectivity index (χ3n) is 6.49. The van der Waals surface area contributed by atoms with Gasteiger partial charge in [0.1, 0.15) is 11.5 Å². The fourth-order valence-electron chi connectivity index (χ4n) is 4.68. The molecule has 0 saturated carbocycles. The number of sulfone groups is 1. The number of methoxy groups -OCH3 is 2. The lowest BCUT2D eigenvalue weighted by atomic mass is 9.69. The number of ether oxygens (including phenoxy) is 2. The van der Waals surface area contributed by atoms with Gasteiger partial charge in [-0.05, 0) is 54.3 Å². The third kappa shape index (κ3) is 4.08. The van der Waals surface area contributed by atoms with E-state index in [1.54, 1.807) is 32.4 Å². The van der Waals surface area contributed by atoms with Crippen LogP contribution in [-0.2, 0) is 9.84 Å². The first-order chi connectivity index (χ1) is 14.3. The number of hydrogen-bond acceptors (Lipinski definition) is 5. The van der Waals surface area contributed by atoms with Crippen molar-refractivity contribution < 1.29 is 23.0 Å². The lowest BCUT2D eigenvalue weighted by Gasteiger charge is -2.39. The SMILES string of the molecule is CCCC[C@]1(CC)CS(=O)(=O)c2ccc(OC)cc2C(c2cccc(OC)c2)[C@H]1O. The molecule has 0 amide bonds. The van der Waals surface area contributed by atoms with Crippen LogP contribution >= 0.6 is 0 Å². The molecule has 164 valence electrons. The summed E-state index contributed by atoms with van der Waals surface area (Å²) in [5.41, 5.74) is 0.694. The Morgan fingerprint density at radius 2 is 1.77 bits per heavy atom. The van der Waals surface area contributed by atoms with Crippen molar-refractivity contribution in [2.75, 3.05) is 20.0 Å². The molecule has 3 rings (SSSR count). The monoisotopic (exact) mass is 432 g/mol. The molecule has 0 aromatic heterocycles. The van der Waals surface area contributed by atoms with Crippen LogP contribution in [0.4, 0.5) is 0 Å². The van der Waals surface area contributed by atoms with E-state index in [9.17, 15) is 13.5 Å². The summed E-state index contributed by atoms with van der Waals surface area (Å²) in [5.74, 6) is 0.685. The first-order valence-electron chi connectivity index (χ1n) is 10.5. The Balaban J connectivity index is 2.31. The smallest absolute Gasteiger partial charge is 0.179 e. The highest BCUT2D eigenvalue weighted by atomic mass is 32.2. The van der Waals surface area contributed by atoms with Gasteiger partial charge in [-0.3, -0.25) is 0 Å². The predicted octanol–water partition coefficient (Wildman–Crippen LogP) is 4.57. The maximum Gasteiger partial charge on any atom is 0.179 e. The zero-order valence-electron chi connectivity index (χ0n) is 18.2. The molecule has 1 unspecified atom stereocenters. The fourth-order valence-corrected chi connectivity index (χ4v) is 6.93. The van der Waals surface area contributed by atoms with Crippen molar-refractivity contribution >= 4 is 9.84 Å². The largest absolute Gasteiger partial charge is 0.497 e. The summed E-state index contributed by atoms with van der Waals surface area (Å²) < 4.78 is 37.8. The molecule has 0 bridgehead atoms. The molecule has 2 aromatic rings. The van der Waals surface area contributed by atoms with Crippen LogP contribution in [0.1, 0.15) is 56.6 Å². The number of fused-ring (bicyclic) bond motifs is 1. The molecule has 1 N–H and O–H groups in total. The normalized spacial score (nSPS) is 25.2. The van der Waals surface area contributed by atoms with E-state index in [1.165, 1.54) is 0 Å². The lowest BCUT2D eigenvalue weighted by Crippen LogP contribution is -2.42. The molecule has 0 radical (unpaired) electrons. The van der Waals surface area contributed by atoms with Gasteiger partial charge in [-0.25, -0.2) is 8.42 Å². The van der Waals surface area contributed by atoms with Gasteiger partial charge >= 0.3 is 0 Å². The van der Waals surface area contributed by atoms with Gasteiger partial charge in [0.2, 0.25) is 0 Å². The quantitative estimate of drug-likeness (QED) is 0.694. The highest BCUT2D eigenvalue weighted by molar-refractivity contribution is 7.91. The second-order valence-corrected chi connectivity index (χ2v) is 10.1. The molecule has 3 atom stereocenters. The average molecular weight is 433 g/mol. The van der Waals surface area contributed by atoms with Crippen LogP contribution in [0.25, 0.3) is 0 Å². The molecule has 0 aliphatic carbocycles. The van der Waals surface area contributed by atoms with Crippen molar-refractivity contribution in [1.29, 1.82) is 0 Å². The second kappa shape index (κ2) is 8.98. The van der Waals surface area contributed by atoms with Crippen molar-refractivity contribution in [2.45, 2.75) is 56.4 Å². The molecule has 0 saturated heterocycles. The first-order valence-corrected chi connectivity index (χ1v) is 12.2. The van der Waals surface area contributed by atoms with E-state index in [-0.39, 0.29) is 10.6 Å². The zero-order chi connectivity index (χ0) is 21.9. The molecule has 2 aromatic carbocycles. The highest BCUT2D eigenvalue weighted by Crippen LogP contribution is 2.49. The minimum Gasteiger partial charge on any atom is -0.497 e. The van der Waals surface area contributed by atoms with E-state index < -0.39 is 27.3 Å². The third-order valence-corrected chi connectivity index (χ3v) is 8.49. The van der Waals surface area contributed by atoms with E-state index in [1.807, 2.05) is 31.2 Å². The van der Waals surface area contributed by atoms with E-state index >= 15 is 0 Å². The van der Waals surface area contributed by atoms with E-state index in [0.29, 0.717) is 29.9 Å². The van der Waals surface area contributed by atoms with Crippen LogP contribution in [0.15, 0.2) is 47.4 Å². The molecule has 30 heavy (non-hydrogen) atoms. The Morgan fingerprint density at radius 3 is 2.40 bits per heavy atom. The van der Waals surface area contributed by atoms with Crippen molar-refractivity contribution in [1.82, 2.24) is 0 Å². The Morgan fingerprint density at radius 1 is 1.07 bits per heavy atom. The van der Waals surface area contributed by atoms with Crippen LogP contribution in [0.5, 0.6) is 11.5 Å². The number of benzene rings is 2. The molecular formula is C24H32O5S. The molecule has 1 aliphatic rings. The van der Waals surface area contributed by atoms with Crippen molar-refractivity contribution in [3.05, 3.63) is 53.6 Å². The Hall–Kier alpha value is -2.05. The number of hydrogen-bond donors (Lipinski definition) is 1. The topological polar surface area (TPSA) is 72.8 Å². The van der Waals surface area contributed by atoms with Gasteiger partial charge in [-0.2, -0.15) is 0 Å². The van der Waals surface area contributed by atoms with E-state index in [2.05, 4.69) is 6.92 Å². The van der Waals surface area contributed by atoms with Gasteiger partial charge < -0.3 is 14.6 Å². The molecule has 0 spiro atoms. The zero-order valence-corrected chi connectivity index (χ0v) is 19.0.